The highest BCUT2D eigenvalue weighted by Crippen LogP contribution is 2.26. The fourth-order valence-corrected chi connectivity index (χ4v) is 3.29. The first-order valence-electron chi connectivity index (χ1n) is 9.65. The highest BCUT2D eigenvalue weighted by Gasteiger charge is 2.20. The zero-order valence-corrected chi connectivity index (χ0v) is 16.0. The van der Waals surface area contributed by atoms with Gasteiger partial charge in [0.15, 0.2) is 18.1 Å². The van der Waals surface area contributed by atoms with Crippen LogP contribution in [0.25, 0.3) is 0 Å². The summed E-state index contributed by atoms with van der Waals surface area (Å²) in [5.74, 6) is 1.33. The Morgan fingerprint density at radius 2 is 1.59 bits per heavy atom. The maximum atomic E-state index is 12.6. The van der Waals surface area contributed by atoms with Crippen LogP contribution in [0.15, 0.2) is 54.6 Å². The predicted molar refractivity (Wildman–Crippen MR) is 106 cm³/mol. The number of para-hydroxylation sites is 2. The highest BCUT2D eigenvalue weighted by molar-refractivity contribution is 5.77. The molecule has 3 rings (SSSR count). The summed E-state index contributed by atoms with van der Waals surface area (Å²) >= 11 is 0. The highest BCUT2D eigenvalue weighted by atomic mass is 16.5. The Balaban J connectivity index is 1.49. The van der Waals surface area contributed by atoms with E-state index in [1.165, 1.54) is 5.56 Å². The smallest absolute Gasteiger partial charge is 0.260 e. The number of nitrogens with zero attached hydrogens (tertiary/aromatic N) is 2. The SMILES string of the molecule is CCOc1ccccc1OCC(=O)N1CCCN(Cc2ccccc2)CC1. The standard InChI is InChI=1S/C22H28N2O3/c1-2-26-20-11-6-7-12-21(20)27-18-22(25)24-14-8-13-23(15-16-24)17-19-9-4-3-5-10-19/h3-7,9-12H,2,8,13-18H2,1H3. The van der Waals surface area contributed by atoms with Gasteiger partial charge in [-0.05, 0) is 31.0 Å². The lowest BCUT2D eigenvalue weighted by molar-refractivity contribution is -0.133. The van der Waals surface area contributed by atoms with E-state index in [-0.39, 0.29) is 12.5 Å². The average Bonchev–Trinajstić information content (AvgIpc) is 2.94. The molecule has 0 bridgehead atoms. The molecule has 0 radical (unpaired) electrons. The maximum Gasteiger partial charge on any atom is 0.260 e. The van der Waals surface area contributed by atoms with Crippen molar-refractivity contribution in [3.63, 3.8) is 0 Å². The topological polar surface area (TPSA) is 42.0 Å². The summed E-state index contributed by atoms with van der Waals surface area (Å²) in [6.45, 7) is 6.88. The molecule has 27 heavy (non-hydrogen) atoms. The molecule has 0 aromatic heterocycles. The third-order valence-corrected chi connectivity index (χ3v) is 4.69. The normalized spacial score (nSPS) is 15.2. The van der Waals surface area contributed by atoms with E-state index in [2.05, 4.69) is 29.2 Å². The van der Waals surface area contributed by atoms with Gasteiger partial charge in [-0.2, -0.15) is 0 Å². The monoisotopic (exact) mass is 368 g/mol. The molecule has 0 N–H and O–H groups in total. The molecule has 0 spiro atoms. The molecule has 144 valence electrons. The number of carbonyl (C=O) groups is 1. The quantitative estimate of drug-likeness (QED) is 0.753. The van der Waals surface area contributed by atoms with Crippen molar-refractivity contribution >= 4 is 5.91 Å². The molecule has 0 atom stereocenters. The van der Waals surface area contributed by atoms with Crippen LogP contribution in [0.5, 0.6) is 11.5 Å². The fraction of sp³-hybridized carbons (Fsp3) is 0.409. The molecular weight excluding hydrogens is 340 g/mol. The van der Waals surface area contributed by atoms with Crippen LogP contribution in [0, 0.1) is 0 Å². The minimum atomic E-state index is 0.0304. The van der Waals surface area contributed by atoms with Crippen molar-refractivity contribution in [3.05, 3.63) is 60.2 Å². The molecular formula is C22H28N2O3. The molecule has 2 aromatic carbocycles. The van der Waals surface area contributed by atoms with E-state index in [1.807, 2.05) is 42.2 Å². The van der Waals surface area contributed by atoms with Gasteiger partial charge in [0.1, 0.15) is 0 Å². The van der Waals surface area contributed by atoms with Gasteiger partial charge in [-0.1, -0.05) is 42.5 Å². The van der Waals surface area contributed by atoms with Crippen LogP contribution in [0.2, 0.25) is 0 Å². The number of hydrogen-bond acceptors (Lipinski definition) is 4. The first-order valence-corrected chi connectivity index (χ1v) is 9.65. The summed E-state index contributed by atoms with van der Waals surface area (Å²) in [5, 5.41) is 0. The van der Waals surface area contributed by atoms with Gasteiger partial charge >= 0.3 is 0 Å². The summed E-state index contributed by atoms with van der Waals surface area (Å²) < 4.78 is 11.3. The van der Waals surface area contributed by atoms with Crippen molar-refractivity contribution in [1.29, 1.82) is 0 Å². The van der Waals surface area contributed by atoms with Crippen LogP contribution in [0.4, 0.5) is 0 Å². The van der Waals surface area contributed by atoms with Gasteiger partial charge in [0.25, 0.3) is 5.91 Å². The molecule has 5 heteroatoms. The van der Waals surface area contributed by atoms with Gasteiger partial charge < -0.3 is 14.4 Å². The van der Waals surface area contributed by atoms with Crippen LogP contribution in [-0.2, 0) is 11.3 Å². The van der Waals surface area contributed by atoms with Crippen molar-refractivity contribution in [2.75, 3.05) is 39.4 Å². The van der Waals surface area contributed by atoms with Crippen LogP contribution < -0.4 is 9.47 Å². The second kappa shape index (κ2) is 9.97. The molecule has 5 nitrogen and oxygen atoms in total. The molecule has 1 fully saturated rings. The maximum absolute atomic E-state index is 12.6. The predicted octanol–water partition coefficient (Wildman–Crippen LogP) is 3.20. The average molecular weight is 368 g/mol. The molecule has 1 heterocycles. The third kappa shape index (κ3) is 5.73. The van der Waals surface area contributed by atoms with Crippen molar-refractivity contribution in [2.45, 2.75) is 19.9 Å². The van der Waals surface area contributed by atoms with E-state index >= 15 is 0 Å². The molecule has 1 amide bonds. The van der Waals surface area contributed by atoms with E-state index in [9.17, 15) is 4.79 Å². The Bertz CT molecular complexity index is 721. The number of ether oxygens (including phenoxy) is 2. The summed E-state index contributed by atoms with van der Waals surface area (Å²) in [4.78, 5) is 16.9. The second-order valence-electron chi connectivity index (χ2n) is 6.66. The fourth-order valence-electron chi connectivity index (χ4n) is 3.29. The lowest BCUT2D eigenvalue weighted by Crippen LogP contribution is -2.38. The molecule has 0 aliphatic carbocycles. The summed E-state index contributed by atoms with van der Waals surface area (Å²) in [5.41, 5.74) is 1.31. The van der Waals surface area contributed by atoms with Crippen LogP contribution in [0.1, 0.15) is 18.9 Å². The number of rotatable bonds is 7. The minimum absolute atomic E-state index is 0.0304. The van der Waals surface area contributed by atoms with Gasteiger partial charge in [0, 0.05) is 32.7 Å². The van der Waals surface area contributed by atoms with Gasteiger partial charge in [0.2, 0.25) is 0 Å². The third-order valence-electron chi connectivity index (χ3n) is 4.69. The summed E-state index contributed by atoms with van der Waals surface area (Å²) in [6.07, 6.45) is 0.980. The molecule has 1 aliphatic heterocycles. The molecule has 0 saturated carbocycles. The van der Waals surface area contributed by atoms with Gasteiger partial charge in [0.05, 0.1) is 6.61 Å². The molecule has 1 aliphatic rings. The summed E-state index contributed by atoms with van der Waals surface area (Å²) in [7, 11) is 0. The van der Waals surface area contributed by atoms with Gasteiger partial charge in [-0.3, -0.25) is 9.69 Å². The first kappa shape index (κ1) is 19.2. The Morgan fingerprint density at radius 3 is 2.33 bits per heavy atom. The number of amides is 1. The van der Waals surface area contributed by atoms with E-state index in [1.54, 1.807) is 0 Å². The molecule has 2 aromatic rings. The lowest BCUT2D eigenvalue weighted by atomic mass is 10.2. The molecule has 1 saturated heterocycles. The van der Waals surface area contributed by atoms with Gasteiger partial charge in [-0.15, -0.1) is 0 Å². The Hall–Kier alpha value is -2.53. The van der Waals surface area contributed by atoms with E-state index in [0.29, 0.717) is 18.1 Å². The van der Waals surface area contributed by atoms with Crippen LogP contribution in [-0.4, -0.2) is 55.1 Å². The van der Waals surface area contributed by atoms with E-state index in [4.69, 9.17) is 9.47 Å². The van der Waals surface area contributed by atoms with Gasteiger partial charge in [-0.25, -0.2) is 0 Å². The summed E-state index contributed by atoms with van der Waals surface area (Å²) in [6, 6.07) is 18.0. The minimum Gasteiger partial charge on any atom is -0.490 e. The lowest BCUT2D eigenvalue weighted by Gasteiger charge is -2.22. The van der Waals surface area contributed by atoms with Crippen molar-refractivity contribution < 1.29 is 14.3 Å². The van der Waals surface area contributed by atoms with Crippen molar-refractivity contribution in [2.24, 2.45) is 0 Å². The van der Waals surface area contributed by atoms with Crippen LogP contribution in [0.3, 0.4) is 0 Å². The first-order chi connectivity index (χ1) is 13.3. The Labute approximate surface area is 161 Å². The number of hydrogen-bond donors (Lipinski definition) is 0. The van der Waals surface area contributed by atoms with Crippen molar-refractivity contribution in [3.8, 4) is 11.5 Å². The van der Waals surface area contributed by atoms with E-state index in [0.717, 1.165) is 39.1 Å². The Kier molecular flexibility index (Phi) is 7.11. The second-order valence-corrected chi connectivity index (χ2v) is 6.66. The zero-order valence-electron chi connectivity index (χ0n) is 16.0. The van der Waals surface area contributed by atoms with Crippen molar-refractivity contribution in [1.82, 2.24) is 9.80 Å². The zero-order chi connectivity index (χ0) is 18.9. The number of carbonyl (C=O) groups excluding carboxylic acids is 1. The van der Waals surface area contributed by atoms with E-state index < -0.39 is 0 Å². The largest absolute Gasteiger partial charge is 0.490 e. The number of benzene rings is 2. The van der Waals surface area contributed by atoms with Crippen LogP contribution >= 0.6 is 0 Å². The molecule has 0 unspecified atom stereocenters. The Morgan fingerprint density at radius 1 is 0.889 bits per heavy atom.